The van der Waals surface area contributed by atoms with Crippen LogP contribution in [0.3, 0.4) is 0 Å². The first-order valence-electron chi connectivity index (χ1n) is 6.15. The second kappa shape index (κ2) is 7.21. The number of nitro groups is 1. The van der Waals surface area contributed by atoms with Crippen LogP contribution >= 0.6 is 27.5 Å². The summed E-state index contributed by atoms with van der Waals surface area (Å²) in [6.07, 6.45) is 1.11. The molecule has 2 aromatic carbocycles. The first-order valence-corrected chi connectivity index (χ1v) is 7.32. The number of aromatic hydroxyl groups is 1. The summed E-state index contributed by atoms with van der Waals surface area (Å²) in [5, 5.41) is 24.9. The van der Waals surface area contributed by atoms with Gasteiger partial charge in [0.05, 0.1) is 15.6 Å². The maximum atomic E-state index is 11.8. The van der Waals surface area contributed by atoms with E-state index in [9.17, 15) is 20.0 Å². The minimum Gasteiger partial charge on any atom is -0.502 e. The molecule has 118 valence electrons. The number of nitrogens with one attached hydrogen (secondary N) is 1. The first kappa shape index (κ1) is 16.9. The van der Waals surface area contributed by atoms with Gasteiger partial charge in [0.1, 0.15) is 0 Å². The molecule has 2 aromatic rings. The van der Waals surface area contributed by atoms with Crippen LogP contribution in [-0.2, 0) is 0 Å². The number of rotatable bonds is 4. The standard InChI is InChI=1S/C14H9BrClN3O4/c15-11-6-3-9(13(20)12(11)19(22)23)7-17-18-14(21)8-1-4-10(16)5-2-8/h1-7,20H,(H,18,21)/b17-7+. The molecule has 0 bridgehead atoms. The van der Waals surface area contributed by atoms with Gasteiger partial charge in [-0.1, -0.05) is 11.6 Å². The molecule has 0 saturated heterocycles. The Bertz CT molecular complexity index is 793. The molecule has 9 heteroatoms. The summed E-state index contributed by atoms with van der Waals surface area (Å²) in [4.78, 5) is 22.0. The molecule has 0 heterocycles. The Morgan fingerprint density at radius 2 is 1.96 bits per heavy atom. The number of phenolic OH excluding ortho intramolecular Hbond substituents is 1. The van der Waals surface area contributed by atoms with E-state index in [0.29, 0.717) is 10.6 Å². The van der Waals surface area contributed by atoms with E-state index in [-0.39, 0.29) is 10.0 Å². The van der Waals surface area contributed by atoms with Crippen LogP contribution in [0.2, 0.25) is 5.02 Å². The van der Waals surface area contributed by atoms with E-state index in [1.807, 2.05) is 0 Å². The zero-order valence-electron chi connectivity index (χ0n) is 11.4. The van der Waals surface area contributed by atoms with Gasteiger partial charge in [-0.05, 0) is 52.3 Å². The molecule has 0 saturated carbocycles. The average Bonchev–Trinajstić information content (AvgIpc) is 2.49. The van der Waals surface area contributed by atoms with Crippen LogP contribution in [0, 0.1) is 10.1 Å². The molecule has 0 fully saturated rings. The summed E-state index contributed by atoms with van der Waals surface area (Å²) in [5.41, 5.74) is 2.22. The maximum absolute atomic E-state index is 11.8. The van der Waals surface area contributed by atoms with Crippen LogP contribution in [0.25, 0.3) is 0 Å². The SMILES string of the molecule is O=C(N/N=C/c1ccc(Br)c([N+](=O)[O-])c1O)c1ccc(Cl)cc1. The molecule has 23 heavy (non-hydrogen) atoms. The van der Waals surface area contributed by atoms with E-state index in [4.69, 9.17) is 11.6 Å². The third kappa shape index (κ3) is 4.05. The molecule has 0 spiro atoms. The lowest BCUT2D eigenvalue weighted by Crippen LogP contribution is -2.17. The molecule has 2 rings (SSSR count). The second-order valence-corrected chi connectivity index (χ2v) is 5.59. The van der Waals surface area contributed by atoms with Crippen molar-refractivity contribution < 1.29 is 14.8 Å². The fourth-order valence-electron chi connectivity index (χ4n) is 1.67. The lowest BCUT2D eigenvalue weighted by Gasteiger charge is -2.03. The molecule has 0 aliphatic carbocycles. The Morgan fingerprint density at radius 3 is 2.57 bits per heavy atom. The van der Waals surface area contributed by atoms with Gasteiger partial charge < -0.3 is 5.11 Å². The normalized spacial score (nSPS) is 10.7. The Labute approximate surface area is 143 Å². The summed E-state index contributed by atoms with van der Waals surface area (Å²) < 4.78 is 0.141. The van der Waals surface area contributed by atoms with Crippen LogP contribution in [-0.4, -0.2) is 22.2 Å². The van der Waals surface area contributed by atoms with Crippen molar-refractivity contribution >= 4 is 45.3 Å². The lowest BCUT2D eigenvalue weighted by atomic mass is 10.2. The number of halogens is 2. The first-order chi connectivity index (χ1) is 10.9. The van der Waals surface area contributed by atoms with E-state index in [0.717, 1.165) is 6.21 Å². The average molecular weight is 399 g/mol. The molecule has 0 aliphatic heterocycles. The smallest absolute Gasteiger partial charge is 0.325 e. The summed E-state index contributed by atoms with van der Waals surface area (Å²) in [7, 11) is 0. The molecular formula is C14H9BrClN3O4. The second-order valence-electron chi connectivity index (χ2n) is 4.30. The van der Waals surface area contributed by atoms with Crippen molar-refractivity contribution in [3.05, 3.63) is 67.1 Å². The minimum atomic E-state index is -0.719. The molecule has 0 unspecified atom stereocenters. The number of carbonyl (C=O) groups is 1. The number of hydrogen-bond donors (Lipinski definition) is 2. The van der Waals surface area contributed by atoms with Crippen LogP contribution in [0.15, 0.2) is 46.0 Å². The molecule has 2 N–H and O–H groups in total. The van der Waals surface area contributed by atoms with Gasteiger partial charge in [0, 0.05) is 16.1 Å². The summed E-state index contributed by atoms with van der Waals surface area (Å²) in [5.74, 6) is -1.03. The van der Waals surface area contributed by atoms with Crippen molar-refractivity contribution in [2.75, 3.05) is 0 Å². The van der Waals surface area contributed by atoms with Crippen molar-refractivity contribution in [1.82, 2.24) is 5.43 Å². The van der Waals surface area contributed by atoms with Crippen molar-refractivity contribution in [3.8, 4) is 5.75 Å². The van der Waals surface area contributed by atoms with Gasteiger partial charge >= 0.3 is 5.69 Å². The topological polar surface area (TPSA) is 105 Å². The van der Waals surface area contributed by atoms with Crippen molar-refractivity contribution in [3.63, 3.8) is 0 Å². The molecule has 0 radical (unpaired) electrons. The molecule has 1 amide bonds. The third-order valence-corrected chi connectivity index (χ3v) is 3.68. The van der Waals surface area contributed by atoms with Gasteiger partial charge in [0.25, 0.3) is 5.91 Å². The zero-order valence-corrected chi connectivity index (χ0v) is 13.7. The lowest BCUT2D eigenvalue weighted by molar-refractivity contribution is -0.386. The molecule has 0 atom stereocenters. The van der Waals surface area contributed by atoms with E-state index in [2.05, 4.69) is 26.5 Å². The summed E-state index contributed by atoms with van der Waals surface area (Å²) in [6.45, 7) is 0. The number of carbonyl (C=O) groups excluding carboxylic acids is 1. The van der Waals surface area contributed by atoms with Crippen molar-refractivity contribution in [1.29, 1.82) is 0 Å². The van der Waals surface area contributed by atoms with Gasteiger partial charge in [-0.25, -0.2) is 5.43 Å². The maximum Gasteiger partial charge on any atom is 0.325 e. The Morgan fingerprint density at radius 1 is 1.30 bits per heavy atom. The minimum absolute atomic E-state index is 0.0938. The van der Waals surface area contributed by atoms with Crippen LogP contribution < -0.4 is 5.43 Å². The highest BCUT2D eigenvalue weighted by Gasteiger charge is 2.20. The largest absolute Gasteiger partial charge is 0.502 e. The highest BCUT2D eigenvalue weighted by molar-refractivity contribution is 9.10. The van der Waals surface area contributed by atoms with E-state index in [1.54, 1.807) is 12.1 Å². The third-order valence-electron chi connectivity index (χ3n) is 2.79. The van der Waals surface area contributed by atoms with Crippen LogP contribution in [0.4, 0.5) is 5.69 Å². The van der Waals surface area contributed by atoms with E-state index >= 15 is 0 Å². The van der Waals surface area contributed by atoms with Gasteiger partial charge in [0.2, 0.25) is 5.75 Å². The molecule has 0 aliphatic rings. The summed E-state index contributed by atoms with van der Waals surface area (Å²) in [6, 6.07) is 8.99. The number of benzene rings is 2. The predicted octanol–water partition coefficient (Wildman–Crippen LogP) is 3.48. The molecule has 0 aromatic heterocycles. The van der Waals surface area contributed by atoms with Gasteiger partial charge in [0.15, 0.2) is 0 Å². The van der Waals surface area contributed by atoms with Crippen molar-refractivity contribution in [2.24, 2.45) is 5.10 Å². The van der Waals surface area contributed by atoms with Gasteiger partial charge in [-0.2, -0.15) is 5.10 Å². The zero-order chi connectivity index (χ0) is 17.0. The Kier molecular flexibility index (Phi) is 5.30. The number of hydrogen-bond acceptors (Lipinski definition) is 5. The van der Waals surface area contributed by atoms with E-state index < -0.39 is 22.3 Å². The fraction of sp³-hybridized carbons (Fsp3) is 0. The molecule has 7 nitrogen and oxygen atoms in total. The number of phenols is 1. The van der Waals surface area contributed by atoms with Gasteiger partial charge in [-0.3, -0.25) is 14.9 Å². The monoisotopic (exact) mass is 397 g/mol. The van der Waals surface area contributed by atoms with Gasteiger partial charge in [-0.15, -0.1) is 0 Å². The number of nitrogens with zero attached hydrogens (tertiary/aromatic N) is 2. The number of nitro benzene ring substituents is 1. The quantitative estimate of drug-likeness (QED) is 0.467. The summed E-state index contributed by atoms with van der Waals surface area (Å²) >= 11 is 8.71. The predicted molar refractivity (Wildman–Crippen MR) is 89.0 cm³/mol. The Hall–Kier alpha value is -2.45. The van der Waals surface area contributed by atoms with Crippen LogP contribution in [0.5, 0.6) is 5.75 Å². The fourth-order valence-corrected chi connectivity index (χ4v) is 2.27. The highest BCUT2D eigenvalue weighted by atomic mass is 79.9. The van der Waals surface area contributed by atoms with Crippen LogP contribution in [0.1, 0.15) is 15.9 Å². The molecular weight excluding hydrogens is 390 g/mol. The number of hydrazone groups is 1. The van der Waals surface area contributed by atoms with E-state index in [1.165, 1.54) is 24.3 Å². The number of amides is 1. The van der Waals surface area contributed by atoms with Crippen molar-refractivity contribution in [2.45, 2.75) is 0 Å². The highest BCUT2D eigenvalue weighted by Crippen LogP contribution is 2.35. The Balaban J connectivity index is 2.15.